The van der Waals surface area contributed by atoms with Crippen LogP contribution < -0.4 is 5.32 Å². The van der Waals surface area contributed by atoms with E-state index in [1.165, 1.54) is 0 Å². The molecule has 1 atom stereocenters. The van der Waals surface area contributed by atoms with Gasteiger partial charge in [-0.25, -0.2) is 9.97 Å². The van der Waals surface area contributed by atoms with Crippen LogP contribution in [0.1, 0.15) is 37.0 Å². The largest absolute Gasteiger partial charge is 0.372 e. The molecule has 0 amide bonds. The van der Waals surface area contributed by atoms with Crippen molar-refractivity contribution >= 4 is 28.4 Å². The molecule has 0 saturated carbocycles. The van der Waals surface area contributed by atoms with Crippen LogP contribution in [0.4, 0.5) is 5.82 Å². The van der Waals surface area contributed by atoms with Crippen LogP contribution in [0.25, 0.3) is 0 Å². The number of hydrogen-bond acceptors (Lipinski definition) is 4. The minimum atomic E-state index is -0.231. The second-order valence-electron chi connectivity index (χ2n) is 4.54. The van der Waals surface area contributed by atoms with E-state index >= 15 is 0 Å². The van der Waals surface area contributed by atoms with E-state index in [1.54, 1.807) is 0 Å². The maximum absolute atomic E-state index is 5.90. The summed E-state index contributed by atoms with van der Waals surface area (Å²) in [6.45, 7) is 4.71. The van der Waals surface area contributed by atoms with Crippen LogP contribution >= 0.6 is 22.6 Å². The Hall–Kier alpha value is -1.21. The van der Waals surface area contributed by atoms with Gasteiger partial charge >= 0.3 is 0 Å². The molecule has 2 rings (SSSR count). The van der Waals surface area contributed by atoms with Crippen LogP contribution in [0.3, 0.4) is 0 Å². The van der Waals surface area contributed by atoms with Gasteiger partial charge < -0.3 is 10.1 Å². The molecule has 0 aliphatic heterocycles. The van der Waals surface area contributed by atoms with Gasteiger partial charge in [0.15, 0.2) is 5.82 Å². The zero-order chi connectivity index (χ0) is 15.2. The fraction of sp³-hybridized carbons (Fsp3) is 0.375. The average molecular weight is 397 g/mol. The van der Waals surface area contributed by atoms with Crippen molar-refractivity contribution in [3.8, 4) is 0 Å². The lowest BCUT2D eigenvalue weighted by atomic mass is 10.1. The third kappa shape index (κ3) is 3.71. The van der Waals surface area contributed by atoms with E-state index < -0.39 is 0 Å². The molecule has 0 spiro atoms. The van der Waals surface area contributed by atoms with Crippen molar-refractivity contribution in [1.29, 1.82) is 0 Å². The summed E-state index contributed by atoms with van der Waals surface area (Å²) in [5, 5.41) is 3.14. The van der Waals surface area contributed by atoms with Crippen LogP contribution in [0, 0.1) is 3.57 Å². The quantitative estimate of drug-likeness (QED) is 0.754. The van der Waals surface area contributed by atoms with E-state index in [4.69, 9.17) is 9.72 Å². The van der Waals surface area contributed by atoms with Gasteiger partial charge in [0.2, 0.25) is 0 Å². The summed E-state index contributed by atoms with van der Waals surface area (Å²) < 4.78 is 6.97. The number of benzene rings is 1. The number of hydrogen-bond donors (Lipinski definition) is 1. The number of rotatable bonds is 6. The van der Waals surface area contributed by atoms with Gasteiger partial charge in [-0.05, 0) is 41.5 Å². The van der Waals surface area contributed by atoms with E-state index in [2.05, 4.69) is 39.8 Å². The van der Waals surface area contributed by atoms with Crippen molar-refractivity contribution in [2.45, 2.75) is 26.4 Å². The average Bonchev–Trinajstić information content (AvgIpc) is 2.54. The molecule has 4 nitrogen and oxygen atoms in total. The zero-order valence-electron chi connectivity index (χ0n) is 12.6. The molecule has 0 radical (unpaired) electrons. The van der Waals surface area contributed by atoms with E-state index in [9.17, 15) is 0 Å². The molecule has 5 heteroatoms. The molecule has 0 aliphatic rings. The lowest BCUT2D eigenvalue weighted by Crippen LogP contribution is -2.14. The highest BCUT2D eigenvalue weighted by Gasteiger charge is 2.20. The van der Waals surface area contributed by atoms with Gasteiger partial charge in [0.1, 0.15) is 11.9 Å². The first kappa shape index (κ1) is 16.2. The number of aryl methyl sites for hydroxylation is 1. The van der Waals surface area contributed by atoms with Crippen LogP contribution in [-0.2, 0) is 11.2 Å². The van der Waals surface area contributed by atoms with E-state index in [0.717, 1.165) is 27.1 Å². The first-order valence-electron chi connectivity index (χ1n) is 7.11. The predicted octanol–water partition coefficient (Wildman–Crippen LogP) is 3.81. The third-order valence-corrected chi connectivity index (χ3v) is 4.31. The van der Waals surface area contributed by atoms with Gasteiger partial charge in [0.05, 0.1) is 9.26 Å². The molecule has 0 saturated heterocycles. The molecule has 0 fully saturated rings. The number of nitrogens with zero attached hydrogens (tertiary/aromatic N) is 2. The molecular weight excluding hydrogens is 377 g/mol. The van der Waals surface area contributed by atoms with Crippen LogP contribution in [0.2, 0.25) is 0 Å². The molecule has 1 heterocycles. The zero-order valence-corrected chi connectivity index (χ0v) is 14.7. The summed E-state index contributed by atoms with van der Waals surface area (Å²) in [7, 11) is 1.88. The molecule has 1 N–H and O–H groups in total. The van der Waals surface area contributed by atoms with Gasteiger partial charge in [-0.1, -0.05) is 37.3 Å². The molecule has 1 unspecified atom stereocenters. The van der Waals surface area contributed by atoms with Crippen LogP contribution in [0.5, 0.6) is 0 Å². The standard InChI is InChI=1S/C16H20IN3O/c1-4-12-13(17)15(18-3)20-16(19-12)14(21-5-2)11-9-7-6-8-10-11/h6-10,14H,4-5H2,1-3H3,(H,18,19,20). The topological polar surface area (TPSA) is 47.0 Å². The summed E-state index contributed by atoms with van der Waals surface area (Å²) in [6.07, 6.45) is 0.640. The molecule has 21 heavy (non-hydrogen) atoms. The lowest BCUT2D eigenvalue weighted by Gasteiger charge is -2.18. The van der Waals surface area contributed by atoms with Gasteiger partial charge in [0.25, 0.3) is 0 Å². The highest BCUT2D eigenvalue weighted by molar-refractivity contribution is 14.1. The minimum Gasteiger partial charge on any atom is -0.372 e. The van der Waals surface area contributed by atoms with Crippen molar-refractivity contribution in [1.82, 2.24) is 9.97 Å². The Balaban J connectivity index is 2.50. The highest BCUT2D eigenvalue weighted by Crippen LogP contribution is 2.27. The molecule has 2 aromatic rings. The normalized spacial score (nSPS) is 12.2. The predicted molar refractivity (Wildman–Crippen MR) is 93.6 cm³/mol. The smallest absolute Gasteiger partial charge is 0.164 e. The first-order chi connectivity index (χ1) is 10.2. The van der Waals surface area contributed by atoms with Crippen LogP contribution in [0.15, 0.2) is 30.3 Å². The second kappa shape index (κ2) is 7.70. The number of anilines is 1. The summed E-state index contributed by atoms with van der Waals surface area (Å²) in [5.41, 5.74) is 2.12. The Morgan fingerprint density at radius 2 is 1.90 bits per heavy atom. The van der Waals surface area contributed by atoms with Gasteiger partial charge in [-0.3, -0.25) is 0 Å². The Labute approximate surface area is 139 Å². The fourth-order valence-corrected chi connectivity index (χ4v) is 3.04. The van der Waals surface area contributed by atoms with Crippen molar-refractivity contribution in [3.05, 3.63) is 51.0 Å². The van der Waals surface area contributed by atoms with Crippen molar-refractivity contribution < 1.29 is 4.74 Å². The number of halogens is 1. The minimum absolute atomic E-state index is 0.231. The van der Waals surface area contributed by atoms with Crippen molar-refractivity contribution in [2.75, 3.05) is 19.0 Å². The molecule has 0 bridgehead atoms. The van der Waals surface area contributed by atoms with Crippen LogP contribution in [-0.4, -0.2) is 23.6 Å². The number of ether oxygens (including phenoxy) is 1. The number of aromatic nitrogens is 2. The summed E-state index contributed by atoms with van der Waals surface area (Å²) in [4.78, 5) is 9.35. The maximum atomic E-state index is 5.90. The Kier molecular flexibility index (Phi) is 5.93. The van der Waals surface area contributed by atoms with Gasteiger partial charge in [0, 0.05) is 13.7 Å². The summed E-state index contributed by atoms with van der Waals surface area (Å²) in [5.74, 6) is 1.57. The lowest BCUT2D eigenvalue weighted by molar-refractivity contribution is 0.0850. The van der Waals surface area contributed by atoms with Gasteiger partial charge in [-0.2, -0.15) is 0 Å². The Morgan fingerprint density at radius 1 is 1.19 bits per heavy atom. The fourth-order valence-electron chi connectivity index (χ4n) is 2.14. The third-order valence-electron chi connectivity index (χ3n) is 3.18. The number of nitrogens with one attached hydrogen (secondary N) is 1. The molecule has 1 aromatic heterocycles. The maximum Gasteiger partial charge on any atom is 0.164 e. The molecule has 0 aliphatic carbocycles. The van der Waals surface area contributed by atoms with Crippen molar-refractivity contribution in [2.24, 2.45) is 0 Å². The summed E-state index contributed by atoms with van der Waals surface area (Å²) >= 11 is 2.29. The molecular formula is C16H20IN3O. The monoisotopic (exact) mass is 397 g/mol. The van der Waals surface area contributed by atoms with E-state index in [0.29, 0.717) is 12.4 Å². The molecule has 1 aromatic carbocycles. The van der Waals surface area contributed by atoms with Crippen molar-refractivity contribution in [3.63, 3.8) is 0 Å². The van der Waals surface area contributed by atoms with E-state index in [-0.39, 0.29) is 6.10 Å². The summed E-state index contributed by atoms with van der Waals surface area (Å²) in [6, 6.07) is 10.1. The SMILES string of the molecule is CCOC(c1ccccc1)c1nc(CC)c(I)c(NC)n1. The first-order valence-corrected chi connectivity index (χ1v) is 8.19. The Bertz CT molecular complexity index is 564. The Morgan fingerprint density at radius 3 is 2.48 bits per heavy atom. The van der Waals surface area contributed by atoms with E-state index in [1.807, 2.05) is 44.3 Å². The highest BCUT2D eigenvalue weighted by atomic mass is 127. The molecule has 112 valence electrons. The second-order valence-corrected chi connectivity index (χ2v) is 5.62. The van der Waals surface area contributed by atoms with Gasteiger partial charge in [-0.15, -0.1) is 0 Å².